The van der Waals surface area contributed by atoms with Gasteiger partial charge in [-0.3, -0.25) is 4.98 Å². The van der Waals surface area contributed by atoms with Crippen LogP contribution in [0.3, 0.4) is 0 Å². The van der Waals surface area contributed by atoms with Gasteiger partial charge in [0.2, 0.25) is 0 Å². The van der Waals surface area contributed by atoms with Crippen LogP contribution in [-0.4, -0.2) is 4.98 Å². The molecule has 0 fully saturated rings. The molecule has 1 aromatic heterocycles. The minimum Gasteiger partial charge on any atom is -0.319 e. The maximum Gasteiger partial charge on any atom is 0.416 e. The van der Waals surface area contributed by atoms with E-state index in [9.17, 15) is 13.2 Å². The van der Waals surface area contributed by atoms with Gasteiger partial charge >= 0.3 is 6.18 Å². The zero-order valence-electron chi connectivity index (χ0n) is 10.3. The van der Waals surface area contributed by atoms with Crippen LogP contribution in [0.15, 0.2) is 42.6 Å². The van der Waals surface area contributed by atoms with Crippen LogP contribution in [0.5, 0.6) is 0 Å². The molecule has 0 bridgehead atoms. The number of rotatable bonds is 2. The van der Waals surface area contributed by atoms with Gasteiger partial charge in [0.05, 0.1) is 17.3 Å². The predicted molar refractivity (Wildman–Crippen MR) is 66.4 cm³/mol. The summed E-state index contributed by atoms with van der Waals surface area (Å²) in [5.74, 6) is 0. The lowest BCUT2D eigenvalue weighted by atomic mass is 10.0. The standard InChI is InChI=1S/C14H13F3N2/c1-9-6-7-19-12(8-9)13(18)10-2-4-11(5-3-10)14(15,16)17/h2-8,13H,18H2,1H3. The maximum atomic E-state index is 12.5. The minimum absolute atomic E-state index is 0.526. The third-order valence-corrected chi connectivity index (χ3v) is 2.85. The Morgan fingerprint density at radius 2 is 1.74 bits per heavy atom. The van der Waals surface area contributed by atoms with Gasteiger partial charge in [-0.1, -0.05) is 12.1 Å². The van der Waals surface area contributed by atoms with Crippen molar-refractivity contribution in [3.8, 4) is 0 Å². The Bertz CT molecular complexity index is 562. The van der Waals surface area contributed by atoms with E-state index < -0.39 is 17.8 Å². The molecule has 0 aliphatic rings. The van der Waals surface area contributed by atoms with Gasteiger partial charge in [-0.2, -0.15) is 13.2 Å². The highest BCUT2D eigenvalue weighted by Gasteiger charge is 2.30. The SMILES string of the molecule is Cc1ccnc(C(N)c2ccc(C(F)(F)F)cc2)c1. The van der Waals surface area contributed by atoms with Gasteiger partial charge in [-0.15, -0.1) is 0 Å². The summed E-state index contributed by atoms with van der Waals surface area (Å²) < 4.78 is 37.4. The fourth-order valence-electron chi connectivity index (χ4n) is 1.78. The molecule has 100 valence electrons. The topological polar surface area (TPSA) is 38.9 Å². The summed E-state index contributed by atoms with van der Waals surface area (Å²) in [5, 5.41) is 0. The van der Waals surface area contributed by atoms with E-state index in [-0.39, 0.29) is 0 Å². The lowest BCUT2D eigenvalue weighted by molar-refractivity contribution is -0.137. The first-order valence-electron chi connectivity index (χ1n) is 5.73. The summed E-state index contributed by atoms with van der Waals surface area (Å²) in [5.41, 5.74) is 7.57. The Hall–Kier alpha value is -1.88. The molecule has 0 spiro atoms. The highest BCUT2D eigenvalue weighted by Crippen LogP contribution is 2.30. The van der Waals surface area contributed by atoms with Gasteiger partial charge in [0, 0.05) is 6.20 Å². The smallest absolute Gasteiger partial charge is 0.319 e. The third-order valence-electron chi connectivity index (χ3n) is 2.85. The molecule has 0 amide bonds. The third kappa shape index (κ3) is 3.12. The molecule has 0 saturated carbocycles. The number of alkyl halides is 3. The van der Waals surface area contributed by atoms with E-state index in [1.807, 2.05) is 19.1 Å². The minimum atomic E-state index is -4.33. The van der Waals surface area contributed by atoms with E-state index in [0.717, 1.165) is 17.7 Å². The van der Waals surface area contributed by atoms with Crippen molar-refractivity contribution < 1.29 is 13.2 Å². The average molecular weight is 266 g/mol. The second kappa shape index (κ2) is 5.01. The van der Waals surface area contributed by atoms with Crippen molar-refractivity contribution in [2.75, 3.05) is 0 Å². The van der Waals surface area contributed by atoms with Gasteiger partial charge in [-0.25, -0.2) is 0 Å². The van der Waals surface area contributed by atoms with Crippen molar-refractivity contribution in [3.63, 3.8) is 0 Å². The molecule has 0 aliphatic heterocycles. The molecule has 19 heavy (non-hydrogen) atoms. The van der Waals surface area contributed by atoms with Crippen molar-refractivity contribution in [2.45, 2.75) is 19.1 Å². The Kier molecular flexibility index (Phi) is 3.57. The Labute approximate surface area is 109 Å². The monoisotopic (exact) mass is 266 g/mol. The second-order valence-electron chi connectivity index (χ2n) is 4.36. The number of pyridine rings is 1. The number of nitrogens with two attached hydrogens (primary N) is 1. The second-order valence-corrected chi connectivity index (χ2v) is 4.36. The van der Waals surface area contributed by atoms with Gasteiger partial charge in [-0.05, 0) is 42.3 Å². The number of nitrogens with zero attached hydrogens (tertiary/aromatic N) is 1. The first-order chi connectivity index (χ1) is 8.88. The summed E-state index contributed by atoms with van der Waals surface area (Å²) in [4.78, 5) is 4.14. The summed E-state index contributed by atoms with van der Waals surface area (Å²) >= 11 is 0. The van der Waals surface area contributed by atoms with Crippen LogP contribution < -0.4 is 5.73 Å². The lowest BCUT2D eigenvalue weighted by Crippen LogP contribution is -2.14. The number of benzene rings is 1. The Morgan fingerprint density at radius 1 is 1.11 bits per heavy atom. The first kappa shape index (κ1) is 13.5. The van der Waals surface area contributed by atoms with Gasteiger partial charge < -0.3 is 5.73 Å². The van der Waals surface area contributed by atoms with Gasteiger partial charge in [0.25, 0.3) is 0 Å². The van der Waals surface area contributed by atoms with Crippen molar-refractivity contribution >= 4 is 0 Å². The highest BCUT2D eigenvalue weighted by atomic mass is 19.4. The summed E-state index contributed by atoms with van der Waals surface area (Å²) in [6, 6.07) is 7.97. The molecular formula is C14H13F3N2. The fourth-order valence-corrected chi connectivity index (χ4v) is 1.78. The van der Waals surface area contributed by atoms with E-state index in [2.05, 4.69) is 4.98 Å². The number of hydrogen-bond donors (Lipinski definition) is 1. The molecular weight excluding hydrogens is 253 g/mol. The molecule has 5 heteroatoms. The quantitative estimate of drug-likeness (QED) is 0.904. The molecule has 1 unspecified atom stereocenters. The van der Waals surface area contributed by atoms with Crippen molar-refractivity contribution in [3.05, 3.63) is 65.0 Å². The number of aryl methyl sites for hydroxylation is 1. The molecule has 2 N–H and O–H groups in total. The van der Waals surface area contributed by atoms with Crippen LogP contribution in [0.4, 0.5) is 13.2 Å². The molecule has 0 radical (unpaired) electrons. The highest BCUT2D eigenvalue weighted by molar-refractivity contribution is 5.32. The molecule has 2 aromatic rings. The summed E-state index contributed by atoms with van der Waals surface area (Å²) in [6.07, 6.45) is -2.70. The molecule has 1 atom stereocenters. The number of halogens is 3. The zero-order chi connectivity index (χ0) is 14.0. The van der Waals surface area contributed by atoms with Gasteiger partial charge in [0.15, 0.2) is 0 Å². The van der Waals surface area contributed by atoms with E-state index >= 15 is 0 Å². The van der Waals surface area contributed by atoms with E-state index in [4.69, 9.17) is 5.73 Å². The summed E-state index contributed by atoms with van der Waals surface area (Å²) in [7, 11) is 0. The van der Waals surface area contributed by atoms with Crippen molar-refractivity contribution in [1.82, 2.24) is 4.98 Å². The largest absolute Gasteiger partial charge is 0.416 e. The van der Waals surface area contributed by atoms with Crippen LogP contribution in [0.25, 0.3) is 0 Å². The molecule has 0 aliphatic carbocycles. The van der Waals surface area contributed by atoms with Crippen LogP contribution >= 0.6 is 0 Å². The predicted octanol–water partition coefficient (Wildman–Crippen LogP) is 3.46. The van der Waals surface area contributed by atoms with Crippen LogP contribution in [0.2, 0.25) is 0 Å². The average Bonchev–Trinajstić information content (AvgIpc) is 2.37. The maximum absolute atomic E-state index is 12.5. The lowest BCUT2D eigenvalue weighted by Gasteiger charge is -2.13. The number of aromatic nitrogens is 1. The van der Waals surface area contributed by atoms with E-state index in [1.165, 1.54) is 12.1 Å². The molecule has 1 heterocycles. The zero-order valence-corrected chi connectivity index (χ0v) is 10.3. The van der Waals surface area contributed by atoms with E-state index in [0.29, 0.717) is 11.3 Å². The molecule has 2 nitrogen and oxygen atoms in total. The fraction of sp³-hybridized carbons (Fsp3) is 0.214. The van der Waals surface area contributed by atoms with Crippen molar-refractivity contribution in [2.24, 2.45) is 5.73 Å². The summed E-state index contributed by atoms with van der Waals surface area (Å²) in [6.45, 7) is 1.91. The molecule has 0 saturated heterocycles. The van der Waals surface area contributed by atoms with Crippen molar-refractivity contribution in [1.29, 1.82) is 0 Å². The molecule has 1 aromatic carbocycles. The van der Waals surface area contributed by atoms with Crippen LogP contribution in [0, 0.1) is 6.92 Å². The van der Waals surface area contributed by atoms with Crippen LogP contribution in [-0.2, 0) is 6.18 Å². The molecule has 2 rings (SSSR count). The van der Waals surface area contributed by atoms with E-state index in [1.54, 1.807) is 6.20 Å². The number of hydrogen-bond acceptors (Lipinski definition) is 2. The van der Waals surface area contributed by atoms with Crippen LogP contribution in [0.1, 0.15) is 28.4 Å². The Balaban J connectivity index is 2.27. The normalized spacial score (nSPS) is 13.3. The first-order valence-corrected chi connectivity index (χ1v) is 5.73. The Morgan fingerprint density at radius 3 is 2.26 bits per heavy atom. The van der Waals surface area contributed by atoms with Gasteiger partial charge in [0.1, 0.15) is 0 Å².